The molecule has 1 fully saturated rings. The second-order valence-electron chi connectivity index (χ2n) is 8.54. The van der Waals surface area contributed by atoms with Gasteiger partial charge in [0.15, 0.2) is 6.04 Å². The summed E-state index contributed by atoms with van der Waals surface area (Å²) in [6.07, 6.45) is -0.191. The quantitative estimate of drug-likeness (QED) is 0.549. The molecule has 3 rings (SSSR count). The van der Waals surface area contributed by atoms with E-state index >= 15 is 0 Å². The molecule has 2 aromatic rings. The molecule has 1 saturated heterocycles. The van der Waals surface area contributed by atoms with E-state index in [2.05, 4.69) is 12.3 Å². The lowest BCUT2D eigenvalue weighted by atomic mass is 9.93. The predicted molar refractivity (Wildman–Crippen MR) is 111 cm³/mol. The molecule has 0 saturated carbocycles. The summed E-state index contributed by atoms with van der Waals surface area (Å²) in [5.74, 6) is 0.242. The van der Waals surface area contributed by atoms with Gasteiger partial charge in [0.05, 0.1) is 12.0 Å². The third kappa shape index (κ3) is 4.89. The lowest BCUT2D eigenvalue weighted by Gasteiger charge is -2.30. The first-order chi connectivity index (χ1) is 14.1. The molecule has 0 aliphatic carbocycles. The first kappa shape index (κ1) is 22.4. The lowest BCUT2D eigenvalue weighted by molar-refractivity contribution is -0.191. The second-order valence-corrected chi connectivity index (χ2v) is 8.54. The summed E-state index contributed by atoms with van der Waals surface area (Å²) in [5.41, 5.74) is 1.66. The van der Waals surface area contributed by atoms with Crippen LogP contribution in [0.4, 0.5) is 13.2 Å². The number of benzene rings is 2. The van der Waals surface area contributed by atoms with E-state index in [4.69, 9.17) is 4.74 Å². The summed E-state index contributed by atoms with van der Waals surface area (Å²) >= 11 is 0. The molecule has 1 atom stereocenters. The molecule has 0 radical (unpaired) electrons. The van der Waals surface area contributed by atoms with Crippen LogP contribution in [0.2, 0.25) is 0 Å². The molecular formula is C23H29F3N2O2. The van der Waals surface area contributed by atoms with Gasteiger partial charge in [0.2, 0.25) is 5.91 Å². The first-order valence-electron chi connectivity index (χ1n) is 10.4. The van der Waals surface area contributed by atoms with E-state index in [-0.39, 0.29) is 12.1 Å². The number of hydrogen-bond donors (Lipinski definition) is 1. The van der Waals surface area contributed by atoms with Gasteiger partial charge in [-0.05, 0) is 48.7 Å². The minimum atomic E-state index is -4.55. The van der Waals surface area contributed by atoms with E-state index in [1.807, 2.05) is 0 Å². The molecule has 1 aliphatic heterocycles. The molecular weight excluding hydrogens is 393 g/mol. The molecule has 1 aliphatic rings. The number of amides is 1. The number of carbonyl (C=O) groups is 1. The maximum absolute atomic E-state index is 14.1. The van der Waals surface area contributed by atoms with Crippen molar-refractivity contribution in [2.45, 2.75) is 58.7 Å². The van der Waals surface area contributed by atoms with Crippen LogP contribution < -0.4 is 10.2 Å². The van der Waals surface area contributed by atoms with E-state index in [1.165, 1.54) is 6.07 Å². The number of rotatable bonds is 8. The topological polar surface area (TPSA) is 41.6 Å². The number of halogens is 3. The number of nitrogens with zero attached hydrogens (tertiary/aromatic N) is 1. The first-order valence-corrected chi connectivity index (χ1v) is 10.4. The number of unbranched alkanes of at least 4 members (excludes halogenated alkanes) is 3. The van der Waals surface area contributed by atoms with E-state index < -0.39 is 23.5 Å². The Morgan fingerprint density at radius 1 is 1.17 bits per heavy atom. The largest absolute Gasteiger partial charge is 0.494 e. The summed E-state index contributed by atoms with van der Waals surface area (Å²) in [4.78, 5) is 12.1. The van der Waals surface area contributed by atoms with Gasteiger partial charge in [-0.1, -0.05) is 50.5 Å². The van der Waals surface area contributed by atoms with E-state index in [1.54, 1.807) is 44.2 Å². The zero-order valence-corrected chi connectivity index (χ0v) is 17.7. The maximum Gasteiger partial charge on any atom is 0.409 e. The molecule has 164 valence electrons. The van der Waals surface area contributed by atoms with Crippen molar-refractivity contribution in [2.24, 2.45) is 5.41 Å². The highest BCUT2D eigenvalue weighted by Crippen LogP contribution is 2.43. The Bertz CT molecular complexity index is 896. The van der Waals surface area contributed by atoms with Crippen LogP contribution in [0.25, 0.3) is 10.8 Å². The van der Waals surface area contributed by atoms with Gasteiger partial charge >= 0.3 is 6.18 Å². The van der Waals surface area contributed by atoms with E-state index in [9.17, 15) is 18.0 Å². The van der Waals surface area contributed by atoms with Gasteiger partial charge in [-0.3, -0.25) is 10.2 Å². The molecule has 0 bridgehead atoms. The Balaban J connectivity index is 1.88. The smallest absolute Gasteiger partial charge is 0.409 e. The van der Waals surface area contributed by atoms with Crippen molar-refractivity contribution >= 4 is 16.7 Å². The molecule has 30 heavy (non-hydrogen) atoms. The molecule has 0 unspecified atom stereocenters. The van der Waals surface area contributed by atoms with Crippen LogP contribution in [-0.2, 0) is 4.79 Å². The fraction of sp³-hybridized carbons (Fsp3) is 0.522. The van der Waals surface area contributed by atoms with Gasteiger partial charge in [0, 0.05) is 6.54 Å². The normalized spacial score (nSPS) is 17.9. The number of hydrogen-bond acceptors (Lipinski definition) is 3. The van der Waals surface area contributed by atoms with Gasteiger partial charge in [-0.25, -0.2) is 5.01 Å². The van der Waals surface area contributed by atoms with E-state index in [0.29, 0.717) is 23.1 Å². The number of carbonyl (C=O) groups excluding carboxylic acids is 1. The number of fused-ring (bicyclic) bond motifs is 1. The fourth-order valence-corrected chi connectivity index (χ4v) is 3.83. The Morgan fingerprint density at radius 3 is 2.57 bits per heavy atom. The zero-order chi connectivity index (χ0) is 21.9. The minimum absolute atomic E-state index is 0.0225. The van der Waals surface area contributed by atoms with Crippen molar-refractivity contribution in [2.75, 3.05) is 13.2 Å². The van der Waals surface area contributed by atoms with Gasteiger partial charge in [0.1, 0.15) is 5.75 Å². The van der Waals surface area contributed by atoms with Crippen molar-refractivity contribution in [1.82, 2.24) is 10.4 Å². The monoisotopic (exact) mass is 422 g/mol. The van der Waals surface area contributed by atoms with Crippen LogP contribution >= 0.6 is 0 Å². The number of nitrogens with one attached hydrogen (secondary N) is 1. The van der Waals surface area contributed by atoms with Crippen LogP contribution in [0.3, 0.4) is 0 Å². The Morgan fingerprint density at radius 2 is 1.93 bits per heavy atom. The van der Waals surface area contributed by atoms with Crippen LogP contribution in [0.1, 0.15) is 58.1 Å². The second kappa shape index (κ2) is 8.84. The SMILES string of the molecule is CCCCCCOc1ccc2c([C@H](N3CC(C)(C)C(=O)N3)C(F)(F)F)cccc2c1. The average Bonchev–Trinajstić information content (AvgIpc) is 2.92. The summed E-state index contributed by atoms with van der Waals surface area (Å²) in [6, 6.07) is 8.11. The molecule has 2 aromatic carbocycles. The molecule has 1 amide bonds. The Hall–Kier alpha value is -2.28. The Kier molecular flexibility index (Phi) is 6.60. The minimum Gasteiger partial charge on any atom is -0.494 e. The number of alkyl halides is 3. The van der Waals surface area contributed by atoms with Crippen LogP contribution in [-0.4, -0.2) is 30.2 Å². The molecule has 7 heteroatoms. The standard InChI is InChI=1S/C23H29F3N2O2/c1-4-5-6-7-13-30-17-11-12-18-16(14-17)9-8-10-19(18)20(23(24,25)26)28-15-22(2,3)21(29)27-28/h8-12,14,20H,4-7,13,15H2,1-3H3,(H,27,29)/t20-/m0/s1. The summed E-state index contributed by atoms with van der Waals surface area (Å²) < 4.78 is 48.1. The maximum atomic E-state index is 14.1. The average molecular weight is 422 g/mol. The van der Waals surface area contributed by atoms with Crippen molar-refractivity contribution in [3.8, 4) is 5.75 Å². The zero-order valence-electron chi connectivity index (χ0n) is 17.7. The molecule has 0 aromatic heterocycles. The lowest BCUT2D eigenvalue weighted by Crippen LogP contribution is -2.43. The Labute approximate surface area is 175 Å². The van der Waals surface area contributed by atoms with Gasteiger partial charge in [-0.15, -0.1) is 0 Å². The summed E-state index contributed by atoms with van der Waals surface area (Å²) in [6.45, 7) is 5.99. The predicted octanol–water partition coefficient (Wildman–Crippen LogP) is 5.78. The summed E-state index contributed by atoms with van der Waals surface area (Å²) in [5, 5.41) is 2.18. The van der Waals surface area contributed by atoms with E-state index in [0.717, 1.165) is 30.7 Å². The molecule has 1 heterocycles. The van der Waals surface area contributed by atoms with Gasteiger partial charge < -0.3 is 4.74 Å². The molecule has 1 N–H and O–H groups in total. The van der Waals surface area contributed by atoms with Gasteiger partial charge in [0.25, 0.3) is 0 Å². The fourth-order valence-electron chi connectivity index (χ4n) is 3.83. The highest BCUT2D eigenvalue weighted by Gasteiger charge is 2.51. The summed E-state index contributed by atoms with van der Waals surface area (Å²) in [7, 11) is 0. The number of ether oxygens (including phenoxy) is 1. The van der Waals surface area contributed by atoms with Crippen molar-refractivity contribution in [3.63, 3.8) is 0 Å². The van der Waals surface area contributed by atoms with Crippen LogP contribution in [0.5, 0.6) is 5.75 Å². The third-order valence-electron chi connectivity index (χ3n) is 5.49. The van der Waals surface area contributed by atoms with Crippen molar-refractivity contribution < 1.29 is 22.7 Å². The molecule has 4 nitrogen and oxygen atoms in total. The third-order valence-corrected chi connectivity index (χ3v) is 5.49. The van der Waals surface area contributed by atoms with Crippen molar-refractivity contribution in [3.05, 3.63) is 42.0 Å². The van der Waals surface area contributed by atoms with Crippen molar-refractivity contribution in [1.29, 1.82) is 0 Å². The van der Waals surface area contributed by atoms with Gasteiger partial charge in [-0.2, -0.15) is 13.2 Å². The number of hydrazine groups is 1. The molecule has 0 spiro atoms. The van der Waals surface area contributed by atoms with Crippen LogP contribution in [0, 0.1) is 5.41 Å². The highest BCUT2D eigenvalue weighted by molar-refractivity contribution is 5.88. The van der Waals surface area contributed by atoms with Crippen LogP contribution in [0.15, 0.2) is 36.4 Å². The highest BCUT2D eigenvalue weighted by atomic mass is 19.4.